The molecule has 0 aromatic heterocycles. The lowest BCUT2D eigenvalue weighted by Gasteiger charge is -2.19. The van der Waals surface area contributed by atoms with Gasteiger partial charge in [-0.15, -0.1) is 0 Å². The molecule has 0 unspecified atom stereocenters. The van der Waals surface area contributed by atoms with E-state index in [4.69, 9.17) is 9.47 Å². The predicted molar refractivity (Wildman–Crippen MR) is 69.3 cm³/mol. The first-order chi connectivity index (χ1) is 8.28. The number of esters is 1. The van der Waals surface area contributed by atoms with Crippen molar-refractivity contribution in [3.8, 4) is 0 Å². The number of nitrogens with one attached hydrogen (secondary N) is 1. The van der Waals surface area contributed by atoms with Crippen molar-refractivity contribution in [1.82, 2.24) is 5.32 Å². The molecule has 18 heavy (non-hydrogen) atoms. The van der Waals surface area contributed by atoms with E-state index in [0.29, 0.717) is 12.5 Å². The van der Waals surface area contributed by atoms with Gasteiger partial charge in [0.1, 0.15) is 12.1 Å². The van der Waals surface area contributed by atoms with Gasteiger partial charge in [0.15, 0.2) is 0 Å². The summed E-state index contributed by atoms with van der Waals surface area (Å²) in [5.41, 5.74) is -0.566. The molecule has 0 aliphatic rings. The third kappa shape index (κ3) is 8.84. The summed E-state index contributed by atoms with van der Waals surface area (Å²) in [5.74, 6) is -0.0526. The van der Waals surface area contributed by atoms with Gasteiger partial charge in [0.05, 0.1) is 6.61 Å². The molecular formula is C13H25NO4. The summed E-state index contributed by atoms with van der Waals surface area (Å²) >= 11 is 0. The van der Waals surface area contributed by atoms with Crippen molar-refractivity contribution in [3.05, 3.63) is 0 Å². The van der Waals surface area contributed by atoms with Crippen LogP contribution in [0.2, 0.25) is 0 Å². The van der Waals surface area contributed by atoms with E-state index in [1.165, 1.54) is 0 Å². The van der Waals surface area contributed by atoms with Crippen LogP contribution in [0.5, 0.6) is 0 Å². The minimum Gasteiger partial charge on any atom is -0.464 e. The fourth-order valence-electron chi connectivity index (χ4n) is 1.24. The average Bonchev–Trinajstić information content (AvgIpc) is 2.25. The van der Waals surface area contributed by atoms with Crippen molar-refractivity contribution in [1.29, 1.82) is 0 Å². The maximum Gasteiger partial charge on any atom is 0.408 e. The van der Waals surface area contributed by atoms with Gasteiger partial charge in [-0.05, 0) is 26.7 Å². The summed E-state index contributed by atoms with van der Waals surface area (Å²) < 4.78 is 10.1. The number of amides is 1. The lowest BCUT2D eigenvalue weighted by atomic mass is 10.1. The molecule has 0 saturated carbocycles. The van der Waals surface area contributed by atoms with Crippen molar-refractivity contribution in [2.24, 2.45) is 5.92 Å². The van der Waals surface area contributed by atoms with Crippen LogP contribution in [0.3, 0.4) is 0 Å². The molecule has 0 rings (SSSR count). The first kappa shape index (κ1) is 16.7. The molecule has 0 atom stereocenters. The molecule has 1 amide bonds. The zero-order valence-electron chi connectivity index (χ0n) is 12.0. The van der Waals surface area contributed by atoms with Gasteiger partial charge >= 0.3 is 12.1 Å². The molecule has 106 valence electrons. The molecule has 0 aliphatic carbocycles. The smallest absolute Gasteiger partial charge is 0.408 e. The Morgan fingerprint density at radius 1 is 1.17 bits per heavy atom. The van der Waals surface area contributed by atoms with E-state index in [1.54, 1.807) is 20.8 Å². The SMILES string of the molecule is CCC(CC)COC(=O)CNC(=O)OC(C)(C)C. The van der Waals surface area contributed by atoms with Crippen LogP contribution in [-0.4, -0.2) is 30.8 Å². The van der Waals surface area contributed by atoms with Crippen molar-refractivity contribution in [3.63, 3.8) is 0 Å². The maximum absolute atomic E-state index is 11.4. The average molecular weight is 259 g/mol. The highest BCUT2D eigenvalue weighted by molar-refractivity contribution is 5.77. The highest BCUT2D eigenvalue weighted by Crippen LogP contribution is 2.08. The number of alkyl carbamates (subject to hydrolysis) is 1. The molecule has 0 heterocycles. The van der Waals surface area contributed by atoms with Crippen LogP contribution in [0, 0.1) is 5.92 Å². The number of ether oxygens (including phenoxy) is 2. The molecule has 0 saturated heterocycles. The minimum absolute atomic E-state index is 0.158. The van der Waals surface area contributed by atoms with Crippen molar-refractivity contribution >= 4 is 12.1 Å². The Bertz CT molecular complexity index is 267. The quantitative estimate of drug-likeness (QED) is 0.744. The summed E-state index contributed by atoms with van der Waals surface area (Å²) in [6, 6.07) is 0. The second-order valence-electron chi connectivity index (χ2n) is 5.22. The van der Waals surface area contributed by atoms with Gasteiger partial charge in [0.25, 0.3) is 0 Å². The third-order valence-corrected chi connectivity index (χ3v) is 2.41. The molecule has 0 aliphatic heterocycles. The lowest BCUT2D eigenvalue weighted by molar-refractivity contribution is -0.144. The topological polar surface area (TPSA) is 64.6 Å². The maximum atomic E-state index is 11.4. The molecule has 0 spiro atoms. The molecular weight excluding hydrogens is 234 g/mol. The van der Waals surface area contributed by atoms with Crippen LogP contribution in [0.25, 0.3) is 0 Å². The van der Waals surface area contributed by atoms with Crippen molar-refractivity contribution in [2.75, 3.05) is 13.2 Å². The van der Waals surface area contributed by atoms with Crippen LogP contribution in [0.1, 0.15) is 47.5 Å². The fraction of sp³-hybridized carbons (Fsp3) is 0.846. The van der Waals surface area contributed by atoms with Crippen LogP contribution >= 0.6 is 0 Å². The number of rotatable bonds is 6. The molecule has 0 fully saturated rings. The van der Waals surface area contributed by atoms with Gasteiger partial charge in [-0.1, -0.05) is 26.7 Å². The van der Waals surface area contributed by atoms with Crippen LogP contribution in [-0.2, 0) is 14.3 Å². The van der Waals surface area contributed by atoms with Gasteiger partial charge in [-0.25, -0.2) is 4.79 Å². The second-order valence-corrected chi connectivity index (χ2v) is 5.22. The zero-order chi connectivity index (χ0) is 14.2. The van der Waals surface area contributed by atoms with Crippen molar-refractivity contribution in [2.45, 2.75) is 53.1 Å². The van der Waals surface area contributed by atoms with E-state index in [2.05, 4.69) is 19.2 Å². The number of carbonyl (C=O) groups is 2. The molecule has 0 bridgehead atoms. The highest BCUT2D eigenvalue weighted by atomic mass is 16.6. The summed E-state index contributed by atoms with van der Waals surface area (Å²) in [4.78, 5) is 22.6. The Morgan fingerprint density at radius 3 is 2.17 bits per heavy atom. The summed E-state index contributed by atoms with van der Waals surface area (Å²) in [7, 11) is 0. The van der Waals surface area contributed by atoms with E-state index in [1.807, 2.05) is 0 Å². The first-order valence-corrected chi connectivity index (χ1v) is 6.41. The Kier molecular flexibility index (Phi) is 7.39. The number of hydrogen-bond donors (Lipinski definition) is 1. The van der Waals surface area contributed by atoms with Crippen LogP contribution < -0.4 is 5.32 Å². The van der Waals surface area contributed by atoms with E-state index in [9.17, 15) is 9.59 Å². The summed E-state index contributed by atoms with van der Waals surface area (Å²) in [6.45, 7) is 9.65. The zero-order valence-corrected chi connectivity index (χ0v) is 12.0. The Morgan fingerprint density at radius 2 is 1.72 bits per heavy atom. The molecule has 1 N–H and O–H groups in total. The standard InChI is InChI=1S/C13H25NO4/c1-6-10(7-2)9-17-11(15)8-14-12(16)18-13(3,4)5/h10H,6-9H2,1-5H3,(H,14,16). The van der Waals surface area contributed by atoms with Crippen LogP contribution in [0.15, 0.2) is 0 Å². The Labute approximate surface area is 109 Å². The Hall–Kier alpha value is -1.26. The van der Waals surface area contributed by atoms with Gasteiger partial charge in [0, 0.05) is 0 Å². The first-order valence-electron chi connectivity index (χ1n) is 6.41. The van der Waals surface area contributed by atoms with E-state index >= 15 is 0 Å². The molecule has 0 aromatic rings. The predicted octanol–water partition coefficient (Wildman–Crippen LogP) is 2.49. The molecule has 5 heteroatoms. The highest BCUT2D eigenvalue weighted by Gasteiger charge is 2.17. The van der Waals surface area contributed by atoms with E-state index in [-0.39, 0.29) is 6.54 Å². The fourth-order valence-corrected chi connectivity index (χ4v) is 1.24. The van der Waals surface area contributed by atoms with Crippen LogP contribution in [0.4, 0.5) is 4.79 Å². The number of hydrogen-bond acceptors (Lipinski definition) is 4. The van der Waals surface area contributed by atoms with Gasteiger partial charge in [0.2, 0.25) is 0 Å². The Balaban J connectivity index is 3.80. The van der Waals surface area contributed by atoms with Gasteiger partial charge < -0.3 is 14.8 Å². The number of carbonyl (C=O) groups excluding carboxylic acids is 2. The third-order valence-electron chi connectivity index (χ3n) is 2.41. The molecule has 5 nitrogen and oxygen atoms in total. The van der Waals surface area contributed by atoms with Gasteiger partial charge in [-0.2, -0.15) is 0 Å². The largest absolute Gasteiger partial charge is 0.464 e. The van der Waals surface area contributed by atoms with Gasteiger partial charge in [-0.3, -0.25) is 4.79 Å². The normalized spacial score (nSPS) is 11.2. The lowest BCUT2D eigenvalue weighted by Crippen LogP contribution is -2.36. The second kappa shape index (κ2) is 7.95. The molecule has 0 radical (unpaired) electrons. The summed E-state index contributed by atoms with van der Waals surface area (Å²) in [5, 5.41) is 2.36. The van der Waals surface area contributed by atoms with E-state index in [0.717, 1.165) is 12.8 Å². The minimum atomic E-state index is -0.609. The summed E-state index contributed by atoms with van der Waals surface area (Å²) in [6.07, 6.45) is 1.34. The van der Waals surface area contributed by atoms with E-state index < -0.39 is 17.7 Å². The molecule has 0 aromatic carbocycles. The van der Waals surface area contributed by atoms with Crippen molar-refractivity contribution < 1.29 is 19.1 Å². The monoisotopic (exact) mass is 259 g/mol.